The van der Waals surface area contributed by atoms with Crippen LogP contribution in [0.2, 0.25) is 0 Å². The average Bonchev–Trinajstić information content (AvgIpc) is 2.35. The minimum Gasteiger partial charge on any atom is -0.366 e. The Labute approximate surface area is 115 Å². The van der Waals surface area contributed by atoms with Gasteiger partial charge >= 0.3 is 0 Å². The third-order valence-electron chi connectivity index (χ3n) is 3.15. The van der Waals surface area contributed by atoms with Crippen molar-refractivity contribution in [2.24, 2.45) is 11.5 Å². The molecule has 0 radical (unpaired) electrons. The molecule has 4 heteroatoms. The van der Waals surface area contributed by atoms with Crippen molar-refractivity contribution in [3.63, 3.8) is 0 Å². The van der Waals surface area contributed by atoms with Crippen molar-refractivity contribution in [2.75, 3.05) is 0 Å². The minimum absolute atomic E-state index is 0.394. The van der Waals surface area contributed by atoms with Crippen molar-refractivity contribution < 1.29 is 9.59 Å². The number of primary amides is 2. The highest BCUT2D eigenvalue weighted by atomic mass is 16.1. The molecule has 0 rings (SSSR count). The summed E-state index contributed by atoms with van der Waals surface area (Å²) < 4.78 is 0. The predicted molar refractivity (Wildman–Crippen MR) is 78.2 cm³/mol. The zero-order valence-corrected chi connectivity index (χ0v) is 11.7. The van der Waals surface area contributed by atoms with E-state index in [4.69, 9.17) is 11.5 Å². The fourth-order valence-electron chi connectivity index (χ4n) is 1.81. The Kier molecular flexibility index (Phi) is 9.49. The van der Waals surface area contributed by atoms with Gasteiger partial charge in [0.05, 0.1) is 0 Å². The lowest BCUT2D eigenvalue weighted by atomic mass is 10.0. The lowest BCUT2D eigenvalue weighted by molar-refractivity contribution is -0.115. The molecule has 0 aliphatic heterocycles. The fraction of sp³-hybridized carbons (Fsp3) is 0.600. The summed E-state index contributed by atoms with van der Waals surface area (Å²) in [5, 5.41) is 0. The highest BCUT2D eigenvalue weighted by Crippen LogP contribution is 2.13. The van der Waals surface area contributed by atoms with E-state index >= 15 is 0 Å². The van der Waals surface area contributed by atoms with E-state index in [1.165, 1.54) is 6.42 Å². The molecule has 0 bridgehead atoms. The van der Waals surface area contributed by atoms with E-state index in [2.05, 4.69) is 13.2 Å². The van der Waals surface area contributed by atoms with Crippen molar-refractivity contribution in [3.05, 3.63) is 24.3 Å². The lowest BCUT2D eigenvalue weighted by Crippen LogP contribution is -2.12. The minimum atomic E-state index is -0.394. The van der Waals surface area contributed by atoms with Gasteiger partial charge in [-0.05, 0) is 25.7 Å². The number of unbranched alkanes of at least 4 members (excludes halogenated alkanes) is 6. The Morgan fingerprint density at radius 2 is 0.895 bits per heavy atom. The summed E-state index contributed by atoms with van der Waals surface area (Å²) >= 11 is 0. The molecule has 0 aliphatic rings. The smallest absolute Gasteiger partial charge is 0.244 e. The summed E-state index contributed by atoms with van der Waals surface area (Å²) in [6.07, 6.45) is 9.03. The molecule has 4 N–H and O–H groups in total. The third kappa shape index (κ3) is 10.1. The van der Waals surface area contributed by atoms with Crippen LogP contribution < -0.4 is 11.5 Å². The SMILES string of the molecule is C=C(CCCCCCCCCC(=C)C(N)=O)C(N)=O. The molecule has 0 saturated carbocycles. The molecule has 0 spiro atoms. The first kappa shape index (κ1) is 17.4. The van der Waals surface area contributed by atoms with Gasteiger partial charge in [-0.2, -0.15) is 0 Å². The van der Waals surface area contributed by atoms with Crippen LogP contribution in [0.5, 0.6) is 0 Å². The van der Waals surface area contributed by atoms with E-state index in [0.717, 1.165) is 38.5 Å². The van der Waals surface area contributed by atoms with Crippen molar-refractivity contribution in [3.8, 4) is 0 Å². The summed E-state index contributed by atoms with van der Waals surface area (Å²) in [7, 11) is 0. The van der Waals surface area contributed by atoms with Crippen molar-refractivity contribution in [2.45, 2.75) is 57.8 Å². The van der Waals surface area contributed by atoms with E-state index in [-0.39, 0.29) is 0 Å². The quantitative estimate of drug-likeness (QED) is 0.420. The molecule has 0 fully saturated rings. The van der Waals surface area contributed by atoms with Crippen LogP contribution in [0.15, 0.2) is 24.3 Å². The molecule has 19 heavy (non-hydrogen) atoms. The first-order valence-electron chi connectivity index (χ1n) is 6.90. The summed E-state index contributed by atoms with van der Waals surface area (Å²) in [6.45, 7) is 7.25. The maximum atomic E-state index is 10.7. The van der Waals surface area contributed by atoms with E-state index in [9.17, 15) is 9.59 Å². The van der Waals surface area contributed by atoms with Crippen LogP contribution in [-0.2, 0) is 9.59 Å². The maximum Gasteiger partial charge on any atom is 0.244 e. The van der Waals surface area contributed by atoms with Gasteiger partial charge in [0.25, 0.3) is 0 Å². The number of nitrogens with two attached hydrogens (primary N) is 2. The first-order chi connectivity index (χ1) is 8.95. The van der Waals surface area contributed by atoms with Crippen LogP contribution in [0.3, 0.4) is 0 Å². The van der Waals surface area contributed by atoms with Gasteiger partial charge in [-0.15, -0.1) is 0 Å². The first-order valence-corrected chi connectivity index (χ1v) is 6.90. The molecule has 2 amide bonds. The number of rotatable bonds is 12. The van der Waals surface area contributed by atoms with Gasteiger partial charge in [-0.3, -0.25) is 9.59 Å². The molecule has 0 unspecified atom stereocenters. The largest absolute Gasteiger partial charge is 0.366 e. The van der Waals surface area contributed by atoms with E-state index in [1.807, 2.05) is 0 Å². The molecule has 0 atom stereocenters. The standard InChI is InChI=1S/C15H26N2O2/c1-12(14(16)18)10-8-6-4-3-5-7-9-11-13(2)15(17)19/h1-11H2,(H2,16,18)(H2,17,19). The molecule has 0 aromatic carbocycles. The van der Waals surface area contributed by atoms with Crippen molar-refractivity contribution in [1.29, 1.82) is 0 Å². The van der Waals surface area contributed by atoms with Crippen molar-refractivity contribution in [1.82, 2.24) is 0 Å². The summed E-state index contributed by atoms with van der Waals surface area (Å²) in [4.78, 5) is 21.4. The van der Waals surface area contributed by atoms with Crippen LogP contribution >= 0.6 is 0 Å². The molecular formula is C15H26N2O2. The Bertz CT molecular complexity index is 303. The van der Waals surface area contributed by atoms with E-state index in [1.54, 1.807) is 0 Å². The summed E-state index contributed by atoms with van der Waals surface area (Å²) in [5.41, 5.74) is 11.2. The highest BCUT2D eigenvalue weighted by molar-refractivity contribution is 5.91. The number of amides is 2. The molecule has 0 aromatic heterocycles. The second-order valence-electron chi connectivity index (χ2n) is 4.91. The molecule has 0 aliphatic carbocycles. The van der Waals surface area contributed by atoms with Gasteiger partial charge in [-0.1, -0.05) is 45.3 Å². The molecule has 108 valence electrons. The zero-order valence-electron chi connectivity index (χ0n) is 11.7. The molecule has 0 saturated heterocycles. The second kappa shape index (κ2) is 10.4. The molecule has 4 nitrogen and oxygen atoms in total. The summed E-state index contributed by atoms with van der Waals surface area (Å²) in [6, 6.07) is 0. The Hall–Kier alpha value is -1.58. The van der Waals surface area contributed by atoms with Crippen LogP contribution in [0.25, 0.3) is 0 Å². The molecule has 0 heterocycles. The van der Waals surface area contributed by atoms with Gasteiger partial charge in [0, 0.05) is 11.1 Å². The number of hydrogen-bond acceptors (Lipinski definition) is 2. The molecular weight excluding hydrogens is 240 g/mol. The number of hydrogen-bond donors (Lipinski definition) is 2. The van der Waals surface area contributed by atoms with Gasteiger partial charge in [-0.25, -0.2) is 0 Å². The van der Waals surface area contributed by atoms with Crippen LogP contribution in [0.1, 0.15) is 57.8 Å². The Balaban J connectivity index is 3.28. The average molecular weight is 266 g/mol. The van der Waals surface area contributed by atoms with Crippen LogP contribution in [0.4, 0.5) is 0 Å². The van der Waals surface area contributed by atoms with Gasteiger partial charge < -0.3 is 11.5 Å². The maximum absolute atomic E-state index is 10.7. The fourth-order valence-corrected chi connectivity index (χ4v) is 1.81. The van der Waals surface area contributed by atoms with Crippen LogP contribution in [-0.4, -0.2) is 11.8 Å². The van der Waals surface area contributed by atoms with Gasteiger partial charge in [0.15, 0.2) is 0 Å². The van der Waals surface area contributed by atoms with Gasteiger partial charge in [0.2, 0.25) is 11.8 Å². The third-order valence-corrected chi connectivity index (χ3v) is 3.15. The Morgan fingerprint density at radius 1 is 0.632 bits per heavy atom. The topological polar surface area (TPSA) is 86.2 Å². The second-order valence-corrected chi connectivity index (χ2v) is 4.91. The molecule has 0 aromatic rings. The summed E-state index contributed by atoms with van der Waals surface area (Å²) in [5.74, 6) is -0.788. The normalized spacial score (nSPS) is 10.1. The van der Waals surface area contributed by atoms with E-state index < -0.39 is 11.8 Å². The predicted octanol–water partition coefficient (Wildman–Crippen LogP) is 2.58. The number of carbonyl (C=O) groups is 2. The lowest BCUT2D eigenvalue weighted by Gasteiger charge is -2.03. The van der Waals surface area contributed by atoms with Crippen LogP contribution in [0, 0.1) is 0 Å². The highest BCUT2D eigenvalue weighted by Gasteiger charge is 2.02. The van der Waals surface area contributed by atoms with E-state index in [0.29, 0.717) is 24.0 Å². The number of carbonyl (C=O) groups excluding carboxylic acids is 2. The monoisotopic (exact) mass is 266 g/mol. The van der Waals surface area contributed by atoms with Gasteiger partial charge in [0.1, 0.15) is 0 Å². The zero-order chi connectivity index (χ0) is 14.7. The van der Waals surface area contributed by atoms with Crippen molar-refractivity contribution >= 4 is 11.8 Å². The Morgan fingerprint density at radius 3 is 1.16 bits per heavy atom.